The van der Waals surface area contributed by atoms with Crippen molar-refractivity contribution in [2.75, 3.05) is 24.7 Å². The van der Waals surface area contributed by atoms with Crippen LogP contribution in [0.3, 0.4) is 0 Å². The van der Waals surface area contributed by atoms with Gasteiger partial charge in [0.15, 0.2) is 5.78 Å². The van der Waals surface area contributed by atoms with E-state index in [1.54, 1.807) is 11.8 Å². The number of nitrogens with two attached hydrogens (primary N) is 1. The number of ketones is 1. The van der Waals surface area contributed by atoms with Crippen LogP contribution in [0.4, 0.5) is 10.7 Å². The number of hydrogen-bond acceptors (Lipinski definition) is 5. The predicted octanol–water partition coefficient (Wildman–Crippen LogP) is 1.86. The Balaban J connectivity index is 3.35. The molecular formula is C10H13N3OS. The van der Waals surface area contributed by atoms with Gasteiger partial charge >= 0.3 is 0 Å². The van der Waals surface area contributed by atoms with Crippen LogP contribution in [0, 0.1) is 11.3 Å². The first-order valence-electron chi connectivity index (χ1n) is 4.55. The Morgan fingerprint density at radius 3 is 2.53 bits per heavy atom. The van der Waals surface area contributed by atoms with Crippen molar-refractivity contribution in [3.05, 3.63) is 10.4 Å². The first kappa shape index (κ1) is 11.5. The zero-order chi connectivity index (χ0) is 11.6. The summed E-state index contributed by atoms with van der Waals surface area (Å²) < 4.78 is 0. The van der Waals surface area contributed by atoms with E-state index in [0.29, 0.717) is 22.5 Å². The van der Waals surface area contributed by atoms with E-state index in [1.807, 2.05) is 20.2 Å². The van der Waals surface area contributed by atoms with E-state index in [4.69, 9.17) is 11.0 Å². The highest BCUT2D eigenvalue weighted by Gasteiger charge is 2.20. The quantitative estimate of drug-likeness (QED) is 0.794. The third-order valence-corrected chi connectivity index (χ3v) is 3.43. The molecule has 1 rings (SSSR count). The largest absolute Gasteiger partial charge is 0.396 e. The molecule has 0 aromatic carbocycles. The normalized spacial score (nSPS) is 9.73. The Hall–Kier alpha value is -1.54. The molecule has 0 aliphatic heterocycles. The molecule has 1 aromatic heterocycles. The van der Waals surface area contributed by atoms with Gasteiger partial charge < -0.3 is 10.6 Å². The molecule has 2 N–H and O–H groups in total. The van der Waals surface area contributed by atoms with Gasteiger partial charge in [-0.05, 0) is 0 Å². The molecule has 0 amide bonds. The average molecular weight is 223 g/mol. The number of hydrogen-bond donors (Lipinski definition) is 1. The summed E-state index contributed by atoms with van der Waals surface area (Å²) in [6.07, 6.45) is 0.405. The summed E-state index contributed by atoms with van der Waals surface area (Å²) in [5.74, 6) is -0.0119. The summed E-state index contributed by atoms with van der Waals surface area (Å²) in [6.45, 7) is 1.78. The van der Waals surface area contributed by atoms with Crippen LogP contribution in [0.15, 0.2) is 0 Å². The van der Waals surface area contributed by atoms with Gasteiger partial charge in [-0.25, -0.2) is 0 Å². The Morgan fingerprint density at radius 2 is 2.20 bits per heavy atom. The number of rotatable bonds is 3. The summed E-state index contributed by atoms with van der Waals surface area (Å²) in [7, 11) is 3.65. The standard InChI is InChI=1S/C10H13N3OS/c1-4-7(14)9-8(12)6(5-11)10(15-9)13(2)3/h4,12H2,1-3H3. The number of Topliss-reactive ketones (excluding diaryl/α,β-unsaturated/α-hetero) is 1. The smallest absolute Gasteiger partial charge is 0.174 e. The second-order valence-electron chi connectivity index (χ2n) is 3.31. The molecular weight excluding hydrogens is 210 g/mol. The molecule has 80 valence electrons. The van der Waals surface area contributed by atoms with Gasteiger partial charge in [-0.15, -0.1) is 11.3 Å². The summed E-state index contributed by atoms with van der Waals surface area (Å²) >= 11 is 1.28. The zero-order valence-electron chi connectivity index (χ0n) is 9.00. The van der Waals surface area contributed by atoms with Crippen LogP contribution in [0.25, 0.3) is 0 Å². The molecule has 1 aromatic rings. The lowest BCUT2D eigenvalue weighted by Gasteiger charge is -2.08. The topological polar surface area (TPSA) is 70.1 Å². The number of anilines is 2. The van der Waals surface area contributed by atoms with E-state index in [9.17, 15) is 4.79 Å². The van der Waals surface area contributed by atoms with Crippen LogP contribution in [0.5, 0.6) is 0 Å². The highest BCUT2D eigenvalue weighted by Crippen LogP contribution is 2.37. The molecule has 0 unspecified atom stereocenters. The van der Waals surface area contributed by atoms with Gasteiger partial charge in [-0.3, -0.25) is 4.79 Å². The SMILES string of the molecule is CCC(=O)c1sc(N(C)C)c(C#N)c1N. The summed E-state index contributed by atoms with van der Waals surface area (Å²) in [4.78, 5) is 13.8. The minimum absolute atomic E-state index is 0.0119. The van der Waals surface area contributed by atoms with Gasteiger partial charge in [0.25, 0.3) is 0 Å². The first-order chi connectivity index (χ1) is 7.02. The van der Waals surface area contributed by atoms with Crippen molar-refractivity contribution < 1.29 is 4.79 Å². The van der Waals surface area contributed by atoms with Gasteiger partial charge in [-0.2, -0.15) is 5.26 Å². The number of carbonyl (C=O) groups excluding carboxylic acids is 1. The maximum atomic E-state index is 11.5. The van der Waals surface area contributed by atoms with Crippen LogP contribution in [-0.2, 0) is 0 Å². The molecule has 5 heteroatoms. The predicted molar refractivity (Wildman–Crippen MR) is 62.4 cm³/mol. The maximum absolute atomic E-state index is 11.5. The third-order valence-electron chi connectivity index (χ3n) is 2.02. The molecule has 0 radical (unpaired) electrons. The van der Waals surface area contributed by atoms with Crippen LogP contribution >= 0.6 is 11.3 Å². The lowest BCUT2D eigenvalue weighted by Crippen LogP contribution is -2.08. The van der Waals surface area contributed by atoms with E-state index in [2.05, 4.69) is 0 Å². The molecule has 15 heavy (non-hydrogen) atoms. The number of carbonyl (C=O) groups is 1. The molecule has 0 atom stereocenters. The van der Waals surface area contributed by atoms with Gasteiger partial charge in [0.1, 0.15) is 16.6 Å². The zero-order valence-corrected chi connectivity index (χ0v) is 9.81. The van der Waals surface area contributed by atoms with Crippen LogP contribution in [0.1, 0.15) is 28.6 Å². The molecule has 0 spiro atoms. The van der Waals surface area contributed by atoms with Crippen molar-refractivity contribution in [2.45, 2.75) is 13.3 Å². The minimum Gasteiger partial charge on any atom is -0.396 e. The number of nitrogens with zero attached hydrogens (tertiary/aromatic N) is 2. The lowest BCUT2D eigenvalue weighted by atomic mass is 10.2. The van der Waals surface area contributed by atoms with Gasteiger partial charge in [0.05, 0.1) is 10.6 Å². The number of thiophene rings is 1. The summed E-state index contributed by atoms with van der Waals surface area (Å²) in [5, 5.41) is 9.70. The van der Waals surface area contributed by atoms with E-state index < -0.39 is 0 Å². The highest BCUT2D eigenvalue weighted by atomic mass is 32.1. The van der Waals surface area contributed by atoms with Crippen LogP contribution < -0.4 is 10.6 Å². The van der Waals surface area contributed by atoms with E-state index in [0.717, 1.165) is 5.00 Å². The van der Waals surface area contributed by atoms with Gasteiger partial charge in [-0.1, -0.05) is 6.92 Å². The Labute approximate surface area is 92.9 Å². The molecule has 0 aliphatic rings. The monoisotopic (exact) mass is 223 g/mol. The maximum Gasteiger partial charge on any atom is 0.174 e. The highest BCUT2D eigenvalue weighted by molar-refractivity contribution is 7.19. The van der Waals surface area contributed by atoms with E-state index >= 15 is 0 Å². The van der Waals surface area contributed by atoms with Gasteiger partial charge in [0.2, 0.25) is 0 Å². The van der Waals surface area contributed by atoms with E-state index in [-0.39, 0.29) is 5.78 Å². The third kappa shape index (κ3) is 1.95. The average Bonchev–Trinajstić information content (AvgIpc) is 2.54. The molecule has 0 saturated heterocycles. The summed E-state index contributed by atoms with van der Waals surface area (Å²) in [6, 6.07) is 2.04. The van der Waals surface area contributed by atoms with Crippen molar-refractivity contribution in [3.63, 3.8) is 0 Å². The lowest BCUT2D eigenvalue weighted by molar-refractivity contribution is 0.0993. The fraction of sp³-hybridized carbons (Fsp3) is 0.400. The van der Waals surface area contributed by atoms with Crippen LogP contribution in [-0.4, -0.2) is 19.9 Å². The minimum atomic E-state index is -0.0119. The van der Waals surface area contributed by atoms with Crippen molar-refractivity contribution in [2.24, 2.45) is 0 Å². The van der Waals surface area contributed by atoms with Crippen LogP contribution in [0.2, 0.25) is 0 Å². The number of nitrogen functional groups attached to an aromatic ring is 1. The fourth-order valence-corrected chi connectivity index (χ4v) is 2.33. The Bertz CT molecular complexity index is 429. The van der Waals surface area contributed by atoms with Crippen molar-refractivity contribution in [3.8, 4) is 6.07 Å². The summed E-state index contributed by atoms with van der Waals surface area (Å²) in [5.41, 5.74) is 6.49. The Kier molecular flexibility index (Phi) is 3.32. The van der Waals surface area contributed by atoms with Crippen molar-refractivity contribution >= 4 is 27.8 Å². The van der Waals surface area contributed by atoms with Gasteiger partial charge in [0, 0.05) is 20.5 Å². The molecule has 0 bridgehead atoms. The first-order valence-corrected chi connectivity index (χ1v) is 5.37. The molecule has 0 fully saturated rings. The number of nitriles is 1. The van der Waals surface area contributed by atoms with Crippen molar-refractivity contribution in [1.29, 1.82) is 5.26 Å². The molecule has 0 saturated carbocycles. The second kappa shape index (κ2) is 4.32. The van der Waals surface area contributed by atoms with Crippen molar-refractivity contribution in [1.82, 2.24) is 0 Å². The van der Waals surface area contributed by atoms with E-state index in [1.165, 1.54) is 11.3 Å². The Morgan fingerprint density at radius 1 is 1.60 bits per heavy atom. The molecule has 0 aliphatic carbocycles. The fourth-order valence-electron chi connectivity index (χ4n) is 1.22. The molecule has 1 heterocycles. The molecule has 4 nitrogen and oxygen atoms in total. The second-order valence-corrected chi connectivity index (χ2v) is 4.31.